The van der Waals surface area contributed by atoms with E-state index in [2.05, 4.69) is 35.3 Å². The minimum absolute atomic E-state index is 0.117. The summed E-state index contributed by atoms with van der Waals surface area (Å²) in [5.74, 6) is 0.434. The van der Waals surface area contributed by atoms with Crippen LogP contribution in [0.3, 0.4) is 0 Å². The molecule has 14 nitrogen and oxygen atoms in total. The molecule has 2 aliphatic heterocycles. The summed E-state index contributed by atoms with van der Waals surface area (Å²) >= 11 is 0. The second kappa shape index (κ2) is 16.6. The van der Waals surface area contributed by atoms with Crippen molar-refractivity contribution in [3.05, 3.63) is 72.6 Å². The van der Waals surface area contributed by atoms with Crippen LogP contribution in [0.2, 0.25) is 0 Å². The van der Waals surface area contributed by atoms with Crippen molar-refractivity contribution in [2.75, 3.05) is 27.2 Å². The SMILES string of the molecule is [2H]C([2H])([2H])OC(=O)N[C@@H](C(=O)N1CCC[C@H]1c1ncc(-c2ccc(-c3ccc(-c4cnc([C@@H]5CCCN5C(=O)[C@H](NC(=O)OC)C(C)C)[nH]4)cc3)cc2)[nH]1)C(C)C. The van der Waals surface area contributed by atoms with E-state index in [1.807, 2.05) is 62.4 Å². The molecule has 4 aromatic rings. The molecule has 0 spiro atoms. The first-order chi connectivity index (χ1) is 27.1. The van der Waals surface area contributed by atoms with Crippen LogP contribution in [0, 0.1) is 11.8 Å². The predicted octanol–water partition coefficient (Wildman–Crippen LogP) is 6.22. The van der Waals surface area contributed by atoms with Gasteiger partial charge in [0.05, 0.1) is 54.1 Å². The second-order valence-corrected chi connectivity index (χ2v) is 14.5. The fourth-order valence-corrected chi connectivity index (χ4v) is 7.35. The highest BCUT2D eigenvalue weighted by Crippen LogP contribution is 2.35. The Hall–Kier alpha value is -5.66. The predicted molar refractivity (Wildman–Crippen MR) is 203 cm³/mol. The zero-order chi connectivity index (χ0) is 41.0. The van der Waals surface area contributed by atoms with Crippen molar-refractivity contribution in [2.45, 2.75) is 77.5 Å². The van der Waals surface area contributed by atoms with E-state index in [-0.39, 0.29) is 35.7 Å². The second-order valence-electron chi connectivity index (χ2n) is 14.5. The van der Waals surface area contributed by atoms with Gasteiger partial charge in [0.2, 0.25) is 11.8 Å². The summed E-state index contributed by atoms with van der Waals surface area (Å²) in [5.41, 5.74) is 5.55. The summed E-state index contributed by atoms with van der Waals surface area (Å²) < 4.78 is 30.8. The molecule has 0 bridgehead atoms. The van der Waals surface area contributed by atoms with Gasteiger partial charge in [-0.25, -0.2) is 19.6 Å². The highest BCUT2D eigenvalue weighted by Gasteiger charge is 2.39. The van der Waals surface area contributed by atoms with Crippen LogP contribution in [0.4, 0.5) is 9.59 Å². The van der Waals surface area contributed by atoms with Gasteiger partial charge in [-0.15, -0.1) is 0 Å². The molecule has 0 unspecified atom stereocenters. The molecule has 6 rings (SSSR count). The molecule has 4 atom stereocenters. The standard InChI is InChI=1S/C40H50N8O6/c1-23(2)33(45-39(51)53-5)37(49)47-19-7-9-31(47)35-41-21-29(43-35)27-15-11-25(12-16-27)26-13-17-28(18-14-26)30-22-42-36(44-30)32-10-8-20-48(32)38(50)34(24(3)4)46-40(52)54-6/h11-18,21-24,31-34H,7-10,19-20H2,1-6H3,(H,41,43)(H,42,44)(H,45,51)(H,46,52)/t31-,32-,33+,34+/m0/s1/i5D3. The molecule has 2 saturated heterocycles. The Morgan fingerprint density at radius 3 is 1.44 bits per heavy atom. The van der Waals surface area contributed by atoms with Crippen molar-refractivity contribution in [3.8, 4) is 33.6 Å². The third kappa shape index (κ3) is 8.12. The van der Waals surface area contributed by atoms with Gasteiger partial charge >= 0.3 is 12.2 Å². The number of amides is 4. The molecular weight excluding hydrogens is 688 g/mol. The van der Waals surface area contributed by atoms with Crippen LogP contribution in [0.15, 0.2) is 60.9 Å². The molecule has 2 aromatic heterocycles. The lowest BCUT2D eigenvalue weighted by molar-refractivity contribution is -0.136. The monoisotopic (exact) mass is 741 g/mol. The van der Waals surface area contributed by atoms with Gasteiger partial charge in [0.25, 0.3) is 0 Å². The Balaban J connectivity index is 1.10. The maximum Gasteiger partial charge on any atom is 0.407 e. The van der Waals surface area contributed by atoms with E-state index in [1.54, 1.807) is 36.0 Å². The number of nitrogens with one attached hydrogen (secondary N) is 4. The first kappa shape index (κ1) is 34.1. The molecule has 54 heavy (non-hydrogen) atoms. The van der Waals surface area contributed by atoms with E-state index in [0.717, 1.165) is 52.9 Å². The van der Waals surface area contributed by atoms with E-state index in [0.29, 0.717) is 31.2 Å². The highest BCUT2D eigenvalue weighted by molar-refractivity contribution is 5.87. The van der Waals surface area contributed by atoms with E-state index in [4.69, 9.17) is 8.85 Å². The number of aromatic nitrogens is 4. The molecule has 0 aliphatic carbocycles. The molecule has 2 aliphatic rings. The zero-order valence-electron chi connectivity index (χ0n) is 34.2. The molecule has 2 aromatic carbocycles. The number of imidazole rings is 2. The quantitative estimate of drug-likeness (QED) is 0.140. The van der Waals surface area contributed by atoms with Crippen LogP contribution in [0.5, 0.6) is 0 Å². The van der Waals surface area contributed by atoms with Crippen LogP contribution < -0.4 is 10.6 Å². The molecule has 4 heterocycles. The van der Waals surface area contributed by atoms with Crippen LogP contribution in [-0.4, -0.2) is 93.1 Å². The van der Waals surface area contributed by atoms with Crippen molar-refractivity contribution in [1.29, 1.82) is 0 Å². The number of hydrogen-bond acceptors (Lipinski definition) is 8. The van der Waals surface area contributed by atoms with Crippen LogP contribution >= 0.6 is 0 Å². The zero-order valence-corrected chi connectivity index (χ0v) is 31.2. The summed E-state index contributed by atoms with van der Waals surface area (Å²) in [7, 11) is -1.64. The lowest BCUT2D eigenvalue weighted by Crippen LogP contribution is -2.51. The van der Waals surface area contributed by atoms with Gasteiger partial charge in [-0.3, -0.25) is 9.59 Å². The number of carbonyl (C=O) groups is 4. The Morgan fingerprint density at radius 2 is 1.07 bits per heavy atom. The smallest absolute Gasteiger partial charge is 0.407 e. The number of alkyl carbamates (subject to hydrolysis) is 2. The maximum atomic E-state index is 13.6. The van der Waals surface area contributed by atoms with E-state index < -0.39 is 31.3 Å². The fourth-order valence-electron chi connectivity index (χ4n) is 7.35. The van der Waals surface area contributed by atoms with Crippen molar-refractivity contribution in [2.24, 2.45) is 11.8 Å². The molecular formula is C40H50N8O6. The summed E-state index contributed by atoms with van der Waals surface area (Å²) in [6.07, 6.45) is 4.76. The number of H-pyrrole nitrogens is 2. The van der Waals surface area contributed by atoms with E-state index in [9.17, 15) is 19.2 Å². The van der Waals surface area contributed by atoms with Gasteiger partial charge in [-0.2, -0.15) is 0 Å². The molecule has 0 radical (unpaired) electrons. The van der Waals surface area contributed by atoms with Crippen molar-refractivity contribution in [3.63, 3.8) is 0 Å². The lowest BCUT2D eigenvalue weighted by atomic mass is 10.0. The highest BCUT2D eigenvalue weighted by atomic mass is 16.5. The maximum absolute atomic E-state index is 13.6. The summed E-state index contributed by atoms with van der Waals surface area (Å²) in [5, 5.41) is 5.12. The number of ether oxygens (including phenoxy) is 2. The number of hydrogen-bond donors (Lipinski definition) is 4. The number of benzene rings is 2. The number of nitrogens with zero attached hydrogens (tertiary/aromatic N) is 4. The number of aromatic amines is 2. The van der Waals surface area contributed by atoms with Crippen LogP contribution in [0.25, 0.3) is 33.6 Å². The fraction of sp³-hybridized carbons (Fsp3) is 0.450. The average molecular weight is 742 g/mol. The summed E-state index contributed by atoms with van der Waals surface area (Å²) in [6, 6.07) is 14.0. The van der Waals surface area contributed by atoms with Crippen LogP contribution in [0.1, 0.15) is 81.2 Å². The average Bonchev–Trinajstić information content (AvgIpc) is 4.01. The number of rotatable bonds is 11. The first-order valence-electron chi connectivity index (χ1n) is 19.9. The minimum Gasteiger partial charge on any atom is -0.453 e. The first-order valence-corrected chi connectivity index (χ1v) is 18.4. The van der Waals surface area contributed by atoms with Gasteiger partial charge in [0.1, 0.15) is 23.7 Å². The van der Waals surface area contributed by atoms with Crippen LogP contribution in [-0.2, 0) is 19.1 Å². The van der Waals surface area contributed by atoms with Gasteiger partial charge in [-0.1, -0.05) is 76.2 Å². The number of likely N-dealkylation sites (tertiary alicyclic amines) is 2. The largest absolute Gasteiger partial charge is 0.453 e. The molecule has 286 valence electrons. The third-order valence-corrected chi connectivity index (χ3v) is 10.3. The topological polar surface area (TPSA) is 175 Å². The Labute approximate surface area is 319 Å². The Morgan fingerprint density at radius 1 is 0.685 bits per heavy atom. The van der Waals surface area contributed by atoms with Gasteiger partial charge in [0.15, 0.2) is 0 Å². The van der Waals surface area contributed by atoms with Gasteiger partial charge in [0, 0.05) is 13.1 Å². The van der Waals surface area contributed by atoms with E-state index in [1.165, 1.54) is 7.11 Å². The normalized spacial score (nSPS) is 19.2. The van der Waals surface area contributed by atoms with E-state index >= 15 is 0 Å². The molecule has 2 fully saturated rings. The molecule has 14 heteroatoms. The molecule has 4 N–H and O–H groups in total. The lowest BCUT2D eigenvalue weighted by Gasteiger charge is -2.30. The summed E-state index contributed by atoms with van der Waals surface area (Å²) in [6.45, 7) is 8.38. The van der Waals surface area contributed by atoms with Gasteiger partial charge in [-0.05, 0) is 59.8 Å². The number of carbonyl (C=O) groups excluding carboxylic acids is 4. The molecule has 0 saturated carbocycles. The summed E-state index contributed by atoms with van der Waals surface area (Å²) in [4.78, 5) is 70.9. The number of methoxy groups -OCH3 is 2. The minimum atomic E-state index is -2.92. The molecule has 4 amide bonds. The van der Waals surface area contributed by atoms with Crippen molar-refractivity contribution in [1.82, 2.24) is 40.4 Å². The third-order valence-electron chi connectivity index (χ3n) is 10.3. The van der Waals surface area contributed by atoms with Crippen molar-refractivity contribution >= 4 is 24.0 Å². The van der Waals surface area contributed by atoms with Gasteiger partial charge < -0.3 is 39.9 Å². The Kier molecular flexibility index (Phi) is 10.5. The Bertz CT molecular complexity index is 2050. The van der Waals surface area contributed by atoms with Crippen molar-refractivity contribution < 1.29 is 32.8 Å².